The molecule has 2 aliphatic heterocycles. The van der Waals surface area contributed by atoms with E-state index < -0.39 is 0 Å². The topological polar surface area (TPSA) is 97.4 Å². The molecule has 0 bridgehead atoms. The maximum Gasteiger partial charge on any atom is 0.323 e. The third-order valence-electron chi connectivity index (χ3n) is 6.17. The van der Waals surface area contributed by atoms with Crippen LogP contribution < -0.4 is 15.9 Å². The number of amides is 1. The lowest BCUT2D eigenvalue weighted by atomic mass is 9.97. The first-order valence-corrected chi connectivity index (χ1v) is 10.7. The molecule has 1 unspecified atom stereocenters. The number of anilines is 2. The minimum atomic E-state index is -0.235. The molecule has 1 amide bonds. The van der Waals surface area contributed by atoms with E-state index in [1.54, 1.807) is 6.26 Å². The second kappa shape index (κ2) is 8.02. The summed E-state index contributed by atoms with van der Waals surface area (Å²) in [5, 5.41) is 3.17. The molecule has 1 atom stereocenters. The molecular weight excluding hydrogens is 382 g/mol. The lowest BCUT2D eigenvalue weighted by Crippen LogP contribution is -2.40. The molecule has 0 radical (unpaired) electrons. The molecular formula is C22H27N5O3. The number of H-pyrrole nitrogens is 2. The molecule has 3 aromatic rings. The Morgan fingerprint density at radius 1 is 1.13 bits per heavy atom. The van der Waals surface area contributed by atoms with E-state index in [0.717, 1.165) is 81.1 Å². The summed E-state index contributed by atoms with van der Waals surface area (Å²) in [5.74, 6) is 0.896. The fraction of sp³-hybridized carbons (Fsp3) is 0.455. The Morgan fingerprint density at radius 2 is 1.93 bits per heavy atom. The normalized spacial score (nSPS) is 20.1. The Hall–Kier alpha value is -3.00. The number of nitrogens with zero attached hydrogens (tertiary/aromatic N) is 2. The van der Waals surface area contributed by atoms with Crippen molar-refractivity contribution in [3.05, 3.63) is 46.8 Å². The van der Waals surface area contributed by atoms with Crippen molar-refractivity contribution in [3.63, 3.8) is 0 Å². The van der Waals surface area contributed by atoms with Crippen LogP contribution in [-0.4, -0.2) is 47.0 Å². The van der Waals surface area contributed by atoms with E-state index in [9.17, 15) is 9.59 Å². The summed E-state index contributed by atoms with van der Waals surface area (Å²) in [6, 6.07) is 7.71. The van der Waals surface area contributed by atoms with Crippen LogP contribution in [0.4, 0.5) is 11.4 Å². The van der Waals surface area contributed by atoms with E-state index >= 15 is 0 Å². The molecule has 5 rings (SSSR count). The first-order chi connectivity index (χ1) is 14.7. The average Bonchev–Trinajstić information content (AvgIpc) is 3.49. The number of rotatable bonds is 5. The lowest BCUT2D eigenvalue weighted by molar-refractivity contribution is -0.121. The number of likely N-dealkylation sites (tertiary alicyclic amines) is 1. The van der Waals surface area contributed by atoms with Gasteiger partial charge in [-0.05, 0) is 56.5 Å². The zero-order valence-corrected chi connectivity index (χ0v) is 16.9. The maximum atomic E-state index is 13.2. The van der Waals surface area contributed by atoms with Crippen LogP contribution in [0.25, 0.3) is 11.0 Å². The van der Waals surface area contributed by atoms with Crippen LogP contribution >= 0.6 is 0 Å². The molecule has 158 valence electrons. The summed E-state index contributed by atoms with van der Waals surface area (Å²) in [6.45, 7) is 4.34. The number of piperidine rings is 1. The summed E-state index contributed by atoms with van der Waals surface area (Å²) in [4.78, 5) is 35.1. The SMILES string of the molecule is O=C(Nc1cc2[nH]c(=O)[nH]c2cc1N1CCCC1)C1CCCN(Cc2ccco2)C1. The van der Waals surface area contributed by atoms with Crippen molar-refractivity contribution in [2.45, 2.75) is 32.2 Å². The van der Waals surface area contributed by atoms with E-state index in [-0.39, 0.29) is 17.5 Å². The van der Waals surface area contributed by atoms with E-state index in [2.05, 4.69) is 25.1 Å². The molecule has 0 aliphatic carbocycles. The number of carbonyl (C=O) groups is 1. The third kappa shape index (κ3) is 3.87. The van der Waals surface area contributed by atoms with E-state index in [1.165, 1.54) is 0 Å². The Bertz CT molecular complexity index is 1080. The Morgan fingerprint density at radius 3 is 2.70 bits per heavy atom. The standard InChI is InChI=1S/C22H27N5O3/c28-21(15-5-3-7-26(13-15)14-16-6-4-10-30-16)23-19-11-17-18(25-22(29)24-17)12-20(19)27-8-1-2-9-27/h4,6,10-12,15H,1-3,5,7-9,13-14H2,(H,23,28)(H2,24,25,29). The minimum Gasteiger partial charge on any atom is -0.468 e. The second-order valence-corrected chi connectivity index (χ2v) is 8.33. The Balaban J connectivity index is 1.35. The van der Waals surface area contributed by atoms with Crippen LogP contribution in [0.1, 0.15) is 31.4 Å². The van der Waals surface area contributed by atoms with Gasteiger partial charge in [-0.2, -0.15) is 0 Å². The minimum absolute atomic E-state index is 0.0387. The fourth-order valence-electron chi connectivity index (χ4n) is 4.66. The zero-order valence-electron chi connectivity index (χ0n) is 16.9. The van der Waals surface area contributed by atoms with Crippen molar-refractivity contribution >= 4 is 28.3 Å². The molecule has 2 fully saturated rings. The fourth-order valence-corrected chi connectivity index (χ4v) is 4.66. The molecule has 4 heterocycles. The first kappa shape index (κ1) is 19.0. The maximum absolute atomic E-state index is 13.2. The number of nitrogens with one attached hydrogen (secondary N) is 3. The number of carbonyl (C=O) groups excluding carboxylic acids is 1. The van der Waals surface area contributed by atoms with Gasteiger partial charge in [0.2, 0.25) is 5.91 Å². The highest BCUT2D eigenvalue weighted by molar-refractivity contribution is 5.99. The number of aromatic amines is 2. The summed E-state index contributed by atoms with van der Waals surface area (Å²) in [7, 11) is 0. The van der Waals surface area contributed by atoms with Crippen LogP contribution in [0.15, 0.2) is 39.7 Å². The highest BCUT2D eigenvalue weighted by Crippen LogP contribution is 2.33. The number of fused-ring (bicyclic) bond motifs is 1. The van der Waals surface area contributed by atoms with Crippen molar-refractivity contribution in [2.75, 3.05) is 36.4 Å². The quantitative estimate of drug-likeness (QED) is 0.602. The van der Waals surface area contributed by atoms with E-state index in [4.69, 9.17) is 4.42 Å². The molecule has 1 aromatic carbocycles. The van der Waals surface area contributed by atoms with Gasteiger partial charge in [0.15, 0.2) is 0 Å². The van der Waals surface area contributed by atoms with Gasteiger partial charge in [0.25, 0.3) is 0 Å². The summed E-state index contributed by atoms with van der Waals surface area (Å²) in [5.41, 5.74) is 2.99. The first-order valence-electron chi connectivity index (χ1n) is 10.7. The van der Waals surface area contributed by atoms with Crippen molar-refractivity contribution in [1.29, 1.82) is 0 Å². The number of aromatic nitrogens is 2. The van der Waals surface area contributed by atoms with Crippen molar-refractivity contribution in [1.82, 2.24) is 14.9 Å². The van der Waals surface area contributed by atoms with Gasteiger partial charge >= 0.3 is 5.69 Å². The number of hydrogen-bond acceptors (Lipinski definition) is 5. The molecule has 0 saturated carbocycles. The summed E-state index contributed by atoms with van der Waals surface area (Å²) >= 11 is 0. The van der Waals surface area contributed by atoms with Crippen LogP contribution in [0.5, 0.6) is 0 Å². The summed E-state index contributed by atoms with van der Waals surface area (Å²) in [6.07, 6.45) is 5.83. The van der Waals surface area contributed by atoms with Crippen molar-refractivity contribution in [2.24, 2.45) is 5.92 Å². The third-order valence-corrected chi connectivity index (χ3v) is 6.17. The highest BCUT2D eigenvalue weighted by Gasteiger charge is 2.27. The summed E-state index contributed by atoms with van der Waals surface area (Å²) < 4.78 is 5.46. The number of imidazole rings is 1. The molecule has 3 N–H and O–H groups in total. The van der Waals surface area contributed by atoms with Crippen LogP contribution in [-0.2, 0) is 11.3 Å². The monoisotopic (exact) mass is 409 g/mol. The van der Waals surface area contributed by atoms with Crippen LogP contribution in [0.3, 0.4) is 0 Å². The predicted molar refractivity (Wildman–Crippen MR) is 116 cm³/mol. The largest absolute Gasteiger partial charge is 0.468 e. The van der Waals surface area contributed by atoms with Gasteiger partial charge in [-0.3, -0.25) is 9.69 Å². The Kier molecular flexibility index (Phi) is 5.08. The molecule has 8 heteroatoms. The van der Waals surface area contributed by atoms with E-state index in [1.807, 2.05) is 24.3 Å². The average molecular weight is 409 g/mol. The van der Waals surface area contributed by atoms with E-state index in [0.29, 0.717) is 5.52 Å². The molecule has 8 nitrogen and oxygen atoms in total. The smallest absolute Gasteiger partial charge is 0.323 e. The molecule has 2 aromatic heterocycles. The molecule has 2 saturated heterocycles. The second-order valence-electron chi connectivity index (χ2n) is 8.33. The lowest BCUT2D eigenvalue weighted by Gasteiger charge is -2.31. The zero-order chi connectivity index (χ0) is 20.5. The molecule has 2 aliphatic rings. The van der Waals surface area contributed by atoms with Gasteiger partial charge in [-0.25, -0.2) is 4.79 Å². The number of benzene rings is 1. The molecule has 0 spiro atoms. The van der Waals surface area contributed by atoms with Crippen LogP contribution in [0, 0.1) is 5.92 Å². The van der Waals surface area contributed by atoms with Gasteiger partial charge in [-0.15, -0.1) is 0 Å². The highest BCUT2D eigenvalue weighted by atomic mass is 16.3. The van der Waals surface area contributed by atoms with Gasteiger partial charge < -0.3 is 24.6 Å². The Labute approximate surface area is 174 Å². The predicted octanol–water partition coefficient (Wildman–Crippen LogP) is 2.90. The number of furan rings is 1. The van der Waals surface area contributed by atoms with Gasteiger partial charge in [-0.1, -0.05) is 0 Å². The molecule has 30 heavy (non-hydrogen) atoms. The van der Waals surface area contributed by atoms with Crippen molar-refractivity contribution < 1.29 is 9.21 Å². The van der Waals surface area contributed by atoms with Gasteiger partial charge in [0, 0.05) is 19.6 Å². The van der Waals surface area contributed by atoms with Gasteiger partial charge in [0.05, 0.1) is 41.1 Å². The van der Waals surface area contributed by atoms with Gasteiger partial charge in [0.1, 0.15) is 5.76 Å². The number of hydrogen-bond donors (Lipinski definition) is 3. The van der Waals surface area contributed by atoms with Crippen molar-refractivity contribution in [3.8, 4) is 0 Å². The van der Waals surface area contributed by atoms with Crippen LogP contribution in [0.2, 0.25) is 0 Å².